The number of rotatable bonds is 4. The Kier molecular flexibility index (Phi) is 5.34. The predicted molar refractivity (Wildman–Crippen MR) is 110 cm³/mol. The van der Waals surface area contributed by atoms with E-state index in [9.17, 15) is 0 Å². The Balaban J connectivity index is 1.76. The van der Waals surface area contributed by atoms with Crippen LogP contribution >= 0.6 is 24.8 Å². The summed E-state index contributed by atoms with van der Waals surface area (Å²) in [5.74, 6) is 0. The van der Waals surface area contributed by atoms with Crippen LogP contribution in [0.2, 0.25) is 0 Å². The van der Waals surface area contributed by atoms with E-state index in [1.165, 1.54) is 27.8 Å². The first kappa shape index (κ1) is 16.7. The molecule has 0 atom stereocenters. The normalized spacial score (nSPS) is 10.4. The lowest BCUT2D eigenvalue weighted by Gasteiger charge is -2.16. The lowest BCUT2D eigenvalue weighted by molar-refractivity contribution is 0.519. The lowest BCUT2D eigenvalue weighted by Crippen LogP contribution is -2.19. The third-order valence-electron chi connectivity index (χ3n) is 4.03. The van der Waals surface area contributed by atoms with Crippen LogP contribution < -0.4 is 0 Å². The Morgan fingerprint density at radius 2 is 1.17 bits per heavy atom. The van der Waals surface area contributed by atoms with Crippen LogP contribution in [0.1, 0.15) is 5.56 Å². The van der Waals surface area contributed by atoms with Gasteiger partial charge in [-0.3, -0.25) is 0 Å². The maximum Gasteiger partial charge on any atom is 0.133 e. The van der Waals surface area contributed by atoms with Crippen molar-refractivity contribution in [2.45, 2.75) is 6.54 Å². The highest BCUT2D eigenvalue weighted by molar-refractivity contribution is 8.10. The van der Waals surface area contributed by atoms with Crippen LogP contribution in [0.5, 0.6) is 0 Å². The molecule has 3 rings (SSSR count). The molecule has 0 saturated heterocycles. The minimum absolute atomic E-state index is 0.607. The fraction of sp³-hybridized carbons (Fsp3) is 0.0952. The van der Waals surface area contributed by atoms with Crippen molar-refractivity contribution in [3.8, 4) is 22.3 Å². The molecule has 0 saturated carbocycles. The molecule has 120 valence electrons. The Morgan fingerprint density at radius 1 is 0.750 bits per heavy atom. The lowest BCUT2D eigenvalue weighted by atomic mass is 9.99. The van der Waals surface area contributed by atoms with Gasteiger partial charge in [0.25, 0.3) is 0 Å². The molecule has 0 heterocycles. The molecule has 0 fully saturated rings. The molecule has 0 aliphatic carbocycles. The molecular formula is C21H19NS2. The van der Waals surface area contributed by atoms with Gasteiger partial charge >= 0.3 is 0 Å². The molecule has 0 bridgehead atoms. The Bertz CT molecular complexity index is 809. The fourth-order valence-corrected chi connectivity index (χ4v) is 2.77. The maximum atomic E-state index is 5.06. The van der Waals surface area contributed by atoms with Gasteiger partial charge in [-0.05, 0) is 27.8 Å². The van der Waals surface area contributed by atoms with Gasteiger partial charge in [0.1, 0.15) is 4.32 Å². The number of benzene rings is 3. The number of hydrogen-bond acceptors (Lipinski definition) is 1. The smallest absolute Gasteiger partial charge is 0.133 e. The summed E-state index contributed by atoms with van der Waals surface area (Å²) in [6.45, 7) is 0.773. The summed E-state index contributed by atoms with van der Waals surface area (Å²) < 4.78 is 0.607. The summed E-state index contributed by atoms with van der Waals surface area (Å²) in [4.78, 5) is 1.95. The molecular weight excluding hydrogens is 330 g/mol. The van der Waals surface area contributed by atoms with Gasteiger partial charge in [0, 0.05) is 13.6 Å². The summed E-state index contributed by atoms with van der Waals surface area (Å²) >= 11 is 9.26. The van der Waals surface area contributed by atoms with Crippen LogP contribution in [0.15, 0.2) is 78.9 Å². The fourth-order valence-electron chi connectivity index (χ4n) is 2.63. The first-order valence-corrected chi connectivity index (χ1v) is 8.68. The number of nitrogens with zero attached hydrogens (tertiary/aromatic N) is 1. The van der Waals surface area contributed by atoms with Crippen LogP contribution in [-0.4, -0.2) is 16.3 Å². The zero-order valence-electron chi connectivity index (χ0n) is 13.5. The van der Waals surface area contributed by atoms with Crippen molar-refractivity contribution >= 4 is 29.2 Å². The van der Waals surface area contributed by atoms with Crippen LogP contribution in [-0.2, 0) is 6.54 Å². The first-order chi connectivity index (χ1) is 11.6. The number of thiol groups is 1. The van der Waals surface area contributed by atoms with Crippen molar-refractivity contribution in [2.24, 2.45) is 0 Å². The van der Waals surface area contributed by atoms with E-state index in [2.05, 4.69) is 85.4 Å². The molecule has 3 heteroatoms. The van der Waals surface area contributed by atoms with Crippen molar-refractivity contribution in [1.29, 1.82) is 0 Å². The Hall–Kier alpha value is -2.10. The third-order valence-corrected chi connectivity index (χ3v) is 4.68. The highest BCUT2D eigenvalue weighted by Crippen LogP contribution is 2.25. The van der Waals surface area contributed by atoms with Gasteiger partial charge in [0.05, 0.1) is 0 Å². The van der Waals surface area contributed by atoms with E-state index in [1.54, 1.807) is 0 Å². The van der Waals surface area contributed by atoms with E-state index in [1.807, 2.05) is 18.0 Å². The molecule has 0 aliphatic heterocycles. The summed E-state index contributed by atoms with van der Waals surface area (Å²) in [6.07, 6.45) is 0. The van der Waals surface area contributed by atoms with Gasteiger partial charge in [-0.2, -0.15) is 0 Å². The van der Waals surface area contributed by atoms with E-state index < -0.39 is 0 Å². The van der Waals surface area contributed by atoms with Crippen LogP contribution in [0, 0.1) is 0 Å². The largest absolute Gasteiger partial charge is 0.356 e. The van der Waals surface area contributed by atoms with Crippen molar-refractivity contribution in [1.82, 2.24) is 4.90 Å². The summed E-state index contributed by atoms with van der Waals surface area (Å²) in [6, 6.07) is 27.7. The zero-order chi connectivity index (χ0) is 16.9. The van der Waals surface area contributed by atoms with E-state index in [4.69, 9.17) is 12.2 Å². The summed E-state index contributed by atoms with van der Waals surface area (Å²) in [5.41, 5.74) is 6.14. The maximum absolute atomic E-state index is 5.06. The Morgan fingerprint density at radius 3 is 1.62 bits per heavy atom. The molecule has 3 aromatic carbocycles. The van der Waals surface area contributed by atoms with Crippen LogP contribution in [0.3, 0.4) is 0 Å². The second-order valence-electron chi connectivity index (χ2n) is 5.78. The second-order valence-corrected chi connectivity index (χ2v) is 6.89. The molecule has 3 aromatic rings. The molecule has 0 unspecified atom stereocenters. The molecule has 24 heavy (non-hydrogen) atoms. The number of hydrogen-bond donors (Lipinski definition) is 1. The average molecular weight is 350 g/mol. The zero-order valence-corrected chi connectivity index (χ0v) is 15.2. The average Bonchev–Trinajstić information content (AvgIpc) is 2.63. The molecule has 0 aliphatic rings. The second kappa shape index (κ2) is 7.65. The molecule has 0 spiro atoms. The van der Waals surface area contributed by atoms with Crippen LogP contribution in [0.4, 0.5) is 0 Å². The van der Waals surface area contributed by atoms with Crippen LogP contribution in [0.25, 0.3) is 22.3 Å². The van der Waals surface area contributed by atoms with Gasteiger partial charge in [0.2, 0.25) is 0 Å². The van der Waals surface area contributed by atoms with Gasteiger partial charge < -0.3 is 4.90 Å². The van der Waals surface area contributed by atoms with E-state index in [-0.39, 0.29) is 0 Å². The minimum atomic E-state index is 0.607. The Labute approximate surface area is 154 Å². The summed E-state index contributed by atoms with van der Waals surface area (Å²) in [7, 11) is 1.95. The van der Waals surface area contributed by atoms with Crippen molar-refractivity contribution in [3.63, 3.8) is 0 Å². The quantitative estimate of drug-likeness (QED) is 0.478. The number of thiocarbonyl (C=S) groups is 1. The van der Waals surface area contributed by atoms with Gasteiger partial charge in [0.15, 0.2) is 0 Å². The highest BCUT2D eigenvalue weighted by Gasteiger charge is 2.03. The van der Waals surface area contributed by atoms with Gasteiger partial charge in [-0.1, -0.05) is 91.1 Å². The van der Waals surface area contributed by atoms with Gasteiger partial charge in [-0.15, -0.1) is 12.6 Å². The standard InChI is InChI=1S/C21H19NS2/c1-22(21(23)24)15-16-7-9-18(10-8-16)20-13-11-19(12-14-20)17-5-3-2-4-6-17/h2-14H,15H2,1H3,(H,23,24). The molecule has 1 nitrogen and oxygen atoms in total. The van der Waals surface area contributed by atoms with E-state index in [0.717, 1.165) is 6.54 Å². The first-order valence-electron chi connectivity index (χ1n) is 7.82. The highest BCUT2D eigenvalue weighted by atomic mass is 32.1. The molecule has 0 amide bonds. The topological polar surface area (TPSA) is 3.24 Å². The van der Waals surface area contributed by atoms with E-state index in [0.29, 0.717) is 4.32 Å². The van der Waals surface area contributed by atoms with Crippen molar-refractivity contribution in [3.05, 3.63) is 84.4 Å². The van der Waals surface area contributed by atoms with Gasteiger partial charge in [-0.25, -0.2) is 0 Å². The van der Waals surface area contributed by atoms with Crippen molar-refractivity contribution < 1.29 is 0 Å². The minimum Gasteiger partial charge on any atom is -0.356 e. The monoisotopic (exact) mass is 349 g/mol. The van der Waals surface area contributed by atoms with E-state index >= 15 is 0 Å². The van der Waals surface area contributed by atoms with Crippen molar-refractivity contribution in [2.75, 3.05) is 7.05 Å². The summed E-state index contributed by atoms with van der Waals surface area (Å²) in [5, 5.41) is 0. The molecule has 0 radical (unpaired) electrons. The molecule has 0 N–H and O–H groups in total. The molecule has 0 aromatic heterocycles. The predicted octanol–water partition coefficient (Wildman–Crippen LogP) is 5.67. The third kappa shape index (κ3) is 4.05. The SMILES string of the molecule is CN(Cc1ccc(-c2ccc(-c3ccccc3)cc2)cc1)C(=S)S.